The van der Waals surface area contributed by atoms with E-state index in [9.17, 15) is 5.11 Å². The van der Waals surface area contributed by atoms with Crippen LogP contribution in [0.15, 0.2) is 16.6 Å². The van der Waals surface area contributed by atoms with Gasteiger partial charge < -0.3 is 5.11 Å². The second-order valence-corrected chi connectivity index (χ2v) is 3.37. The van der Waals surface area contributed by atoms with Gasteiger partial charge in [-0.15, -0.1) is 0 Å². The minimum Gasteiger partial charge on any atom is -0.506 e. The second-order valence-electron chi connectivity index (χ2n) is 2.52. The van der Waals surface area contributed by atoms with Crippen molar-refractivity contribution >= 4 is 15.9 Å². The molecule has 0 aliphatic rings. The number of phenolic OH excluding ortho intramolecular Hbond substituents is 1. The lowest BCUT2D eigenvalue weighted by Gasteiger charge is -2.05. The van der Waals surface area contributed by atoms with Gasteiger partial charge in [0.05, 0.1) is 17.0 Å². The minimum absolute atomic E-state index is 0.225. The maximum Gasteiger partial charge on any atom is 0.132 e. The number of phenols is 1. The third-order valence-electron chi connectivity index (χ3n) is 1.76. The predicted molar refractivity (Wildman–Crippen MR) is 49.9 cm³/mol. The molecule has 3 heteroatoms. The first-order valence-electron chi connectivity index (χ1n) is 3.50. The summed E-state index contributed by atoms with van der Waals surface area (Å²) in [7, 11) is 0. The maximum absolute atomic E-state index is 9.46. The van der Waals surface area contributed by atoms with Gasteiger partial charge in [-0.05, 0) is 40.0 Å². The fourth-order valence-electron chi connectivity index (χ4n) is 0.986. The molecule has 0 radical (unpaired) electrons. The van der Waals surface area contributed by atoms with Crippen molar-refractivity contribution < 1.29 is 5.11 Å². The zero-order valence-corrected chi connectivity index (χ0v) is 8.22. The largest absolute Gasteiger partial charge is 0.506 e. The molecule has 0 aliphatic carbocycles. The van der Waals surface area contributed by atoms with Crippen molar-refractivity contribution in [1.82, 2.24) is 0 Å². The molecule has 0 aromatic heterocycles. The summed E-state index contributed by atoms with van der Waals surface area (Å²) in [5.74, 6) is 0.225. The van der Waals surface area contributed by atoms with Gasteiger partial charge in [0.15, 0.2) is 0 Å². The van der Waals surface area contributed by atoms with Gasteiger partial charge in [0, 0.05) is 0 Å². The van der Waals surface area contributed by atoms with Crippen molar-refractivity contribution in [3.05, 3.63) is 27.7 Å². The molecule has 0 spiro atoms. The first-order chi connectivity index (χ1) is 5.66. The van der Waals surface area contributed by atoms with Gasteiger partial charge in [0.2, 0.25) is 0 Å². The van der Waals surface area contributed by atoms with E-state index in [-0.39, 0.29) is 5.75 Å². The van der Waals surface area contributed by atoms with Crippen molar-refractivity contribution in [2.24, 2.45) is 0 Å². The monoisotopic (exact) mass is 225 g/mol. The third-order valence-corrected chi connectivity index (χ3v) is 2.40. The Morgan fingerprint density at radius 1 is 1.58 bits per heavy atom. The molecule has 12 heavy (non-hydrogen) atoms. The third kappa shape index (κ3) is 1.59. The van der Waals surface area contributed by atoms with Crippen LogP contribution in [0.25, 0.3) is 0 Å². The van der Waals surface area contributed by atoms with E-state index in [4.69, 9.17) is 5.26 Å². The predicted octanol–water partition coefficient (Wildman–Crippen LogP) is 2.53. The Kier molecular flexibility index (Phi) is 2.72. The highest BCUT2D eigenvalue weighted by Crippen LogP contribution is 2.29. The summed E-state index contributed by atoms with van der Waals surface area (Å²) in [5.41, 5.74) is 1.64. The molecular formula is C9H8BrNO. The molecule has 1 N–H and O–H groups in total. The first-order valence-corrected chi connectivity index (χ1v) is 4.30. The molecule has 0 bridgehead atoms. The summed E-state index contributed by atoms with van der Waals surface area (Å²) in [6.07, 6.45) is 0.340. The van der Waals surface area contributed by atoms with Gasteiger partial charge in [-0.1, -0.05) is 6.07 Å². The number of halogens is 1. The average molecular weight is 226 g/mol. The molecule has 0 unspecified atom stereocenters. The van der Waals surface area contributed by atoms with Crippen LogP contribution in [-0.2, 0) is 6.42 Å². The van der Waals surface area contributed by atoms with Crippen molar-refractivity contribution in [3.8, 4) is 11.8 Å². The topological polar surface area (TPSA) is 44.0 Å². The van der Waals surface area contributed by atoms with E-state index in [1.165, 1.54) is 0 Å². The van der Waals surface area contributed by atoms with Gasteiger partial charge >= 0.3 is 0 Å². The maximum atomic E-state index is 9.46. The van der Waals surface area contributed by atoms with Crippen LogP contribution in [0.2, 0.25) is 0 Å². The second kappa shape index (κ2) is 3.59. The fourth-order valence-corrected chi connectivity index (χ4v) is 1.42. The summed E-state index contributed by atoms with van der Waals surface area (Å²) < 4.78 is 0.668. The molecule has 0 amide bonds. The van der Waals surface area contributed by atoms with E-state index in [2.05, 4.69) is 15.9 Å². The Labute approximate surface area is 79.6 Å². The van der Waals surface area contributed by atoms with Gasteiger partial charge in [-0.25, -0.2) is 0 Å². The summed E-state index contributed by atoms with van der Waals surface area (Å²) in [4.78, 5) is 0. The molecule has 0 saturated carbocycles. The molecule has 1 rings (SSSR count). The lowest BCUT2D eigenvalue weighted by molar-refractivity contribution is 0.467. The Morgan fingerprint density at radius 2 is 2.25 bits per heavy atom. The van der Waals surface area contributed by atoms with E-state index in [1.807, 2.05) is 12.1 Å². The summed E-state index contributed by atoms with van der Waals surface area (Å²) in [6, 6.07) is 5.63. The zero-order chi connectivity index (χ0) is 9.14. The number of nitriles is 1. The lowest BCUT2D eigenvalue weighted by Crippen LogP contribution is -1.87. The normalized spacial score (nSPS) is 9.42. The van der Waals surface area contributed by atoms with Crippen LogP contribution < -0.4 is 0 Å². The van der Waals surface area contributed by atoms with Crippen molar-refractivity contribution in [3.63, 3.8) is 0 Å². The Morgan fingerprint density at radius 3 is 2.83 bits per heavy atom. The molecule has 0 atom stereocenters. The Hall–Kier alpha value is -1.01. The molecule has 2 nitrogen and oxygen atoms in total. The van der Waals surface area contributed by atoms with Gasteiger partial charge in [0.1, 0.15) is 5.75 Å². The van der Waals surface area contributed by atoms with Crippen molar-refractivity contribution in [2.75, 3.05) is 0 Å². The summed E-state index contributed by atoms with van der Waals surface area (Å²) in [6.45, 7) is 1.80. The van der Waals surface area contributed by atoms with Crippen LogP contribution in [0.3, 0.4) is 0 Å². The van der Waals surface area contributed by atoms with Gasteiger partial charge in [-0.2, -0.15) is 5.26 Å². The molecule has 0 aliphatic heterocycles. The number of benzene rings is 1. The van der Waals surface area contributed by atoms with Gasteiger partial charge in [0.25, 0.3) is 0 Å². The van der Waals surface area contributed by atoms with E-state index in [0.717, 1.165) is 11.1 Å². The summed E-state index contributed by atoms with van der Waals surface area (Å²) in [5, 5.41) is 17.9. The quantitative estimate of drug-likeness (QED) is 0.799. The molecule has 1 aromatic rings. The highest BCUT2D eigenvalue weighted by molar-refractivity contribution is 9.10. The van der Waals surface area contributed by atoms with E-state index >= 15 is 0 Å². The molecule has 0 fully saturated rings. The highest BCUT2D eigenvalue weighted by atomic mass is 79.9. The van der Waals surface area contributed by atoms with Crippen LogP contribution in [0.1, 0.15) is 11.1 Å². The number of rotatable bonds is 1. The SMILES string of the molecule is Cc1c(CC#N)ccc(Br)c1O. The fraction of sp³-hybridized carbons (Fsp3) is 0.222. The molecule has 0 heterocycles. The highest BCUT2D eigenvalue weighted by Gasteiger charge is 2.05. The molecule has 0 saturated heterocycles. The zero-order valence-electron chi connectivity index (χ0n) is 6.63. The number of hydrogen-bond acceptors (Lipinski definition) is 2. The van der Waals surface area contributed by atoms with Crippen LogP contribution in [-0.4, -0.2) is 5.11 Å². The lowest BCUT2D eigenvalue weighted by atomic mass is 10.1. The average Bonchev–Trinajstić information content (AvgIpc) is 2.07. The van der Waals surface area contributed by atoms with Crippen molar-refractivity contribution in [1.29, 1.82) is 5.26 Å². The summed E-state index contributed by atoms with van der Waals surface area (Å²) >= 11 is 3.20. The number of nitrogens with zero attached hydrogens (tertiary/aromatic N) is 1. The molecule has 62 valence electrons. The van der Waals surface area contributed by atoms with Crippen LogP contribution in [0.5, 0.6) is 5.75 Å². The molecule has 1 aromatic carbocycles. The van der Waals surface area contributed by atoms with Crippen molar-refractivity contribution in [2.45, 2.75) is 13.3 Å². The number of aromatic hydroxyl groups is 1. The van der Waals surface area contributed by atoms with Crippen LogP contribution >= 0.6 is 15.9 Å². The molecular weight excluding hydrogens is 218 g/mol. The minimum atomic E-state index is 0.225. The van der Waals surface area contributed by atoms with E-state index in [0.29, 0.717) is 10.9 Å². The van der Waals surface area contributed by atoms with Crippen LogP contribution in [0, 0.1) is 18.3 Å². The van der Waals surface area contributed by atoms with Gasteiger partial charge in [-0.3, -0.25) is 0 Å². The van der Waals surface area contributed by atoms with Crippen LogP contribution in [0.4, 0.5) is 0 Å². The standard InChI is InChI=1S/C9H8BrNO/c1-6-7(4-5-11)2-3-8(10)9(6)12/h2-3,12H,4H2,1H3. The smallest absolute Gasteiger partial charge is 0.132 e. The Bertz CT molecular complexity index is 341. The van der Waals surface area contributed by atoms with E-state index in [1.54, 1.807) is 13.0 Å². The first kappa shape index (κ1) is 9.08. The van der Waals surface area contributed by atoms with E-state index < -0.39 is 0 Å². The Balaban J connectivity index is 3.19. The number of hydrogen-bond donors (Lipinski definition) is 1.